The molecule has 0 unspecified atom stereocenters. The van der Waals surface area contributed by atoms with E-state index in [-0.39, 0.29) is 0 Å². The van der Waals surface area contributed by atoms with Gasteiger partial charge in [0.15, 0.2) is 0 Å². The zero-order chi connectivity index (χ0) is 12.3. The molecule has 3 nitrogen and oxygen atoms in total. The fraction of sp³-hybridized carbons (Fsp3) is 0.571. The zero-order valence-corrected chi connectivity index (χ0v) is 11.2. The summed E-state index contributed by atoms with van der Waals surface area (Å²) in [7, 11) is 4.18. The molecule has 1 aromatic rings. The van der Waals surface area contributed by atoms with Crippen LogP contribution in [0, 0.1) is 6.92 Å². The molecule has 0 aliphatic carbocycles. The van der Waals surface area contributed by atoms with Crippen LogP contribution in [0.25, 0.3) is 0 Å². The second kappa shape index (κ2) is 5.52. The van der Waals surface area contributed by atoms with E-state index in [9.17, 15) is 0 Å². The lowest BCUT2D eigenvalue weighted by atomic mass is 10.1. The Hall–Kier alpha value is -1.06. The normalized spacial score (nSPS) is 18.3. The lowest BCUT2D eigenvalue weighted by Gasteiger charge is -2.32. The molecule has 0 saturated carbocycles. The molecule has 1 heterocycles. The van der Waals surface area contributed by atoms with Crippen molar-refractivity contribution in [2.75, 3.05) is 45.6 Å². The molecular weight excluding hydrogens is 210 g/mol. The van der Waals surface area contributed by atoms with Gasteiger partial charge in [0.2, 0.25) is 0 Å². The molecule has 0 radical (unpaired) electrons. The third-order valence-corrected chi connectivity index (χ3v) is 3.57. The summed E-state index contributed by atoms with van der Waals surface area (Å²) in [6.07, 6.45) is 0. The molecule has 3 heteroatoms. The smallest absolute Gasteiger partial charge is 0.0370 e. The van der Waals surface area contributed by atoms with Gasteiger partial charge in [0, 0.05) is 45.5 Å². The van der Waals surface area contributed by atoms with E-state index in [2.05, 4.69) is 47.3 Å². The minimum absolute atomic E-state index is 1.07. The Morgan fingerprint density at radius 3 is 2.53 bits per heavy atom. The Bertz CT molecular complexity index is 368. The van der Waals surface area contributed by atoms with Crippen LogP contribution in [0.4, 0.5) is 5.69 Å². The average Bonchev–Trinajstić information content (AvgIpc) is 2.34. The van der Waals surface area contributed by atoms with Gasteiger partial charge in [-0.1, -0.05) is 12.1 Å². The van der Waals surface area contributed by atoms with Gasteiger partial charge in [0.05, 0.1) is 0 Å². The molecule has 17 heavy (non-hydrogen) atoms. The van der Waals surface area contributed by atoms with Crippen molar-refractivity contribution in [3.63, 3.8) is 0 Å². The van der Waals surface area contributed by atoms with Crippen LogP contribution in [0.2, 0.25) is 0 Å². The summed E-state index contributed by atoms with van der Waals surface area (Å²) in [5.74, 6) is 0. The van der Waals surface area contributed by atoms with Gasteiger partial charge in [0.1, 0.15) is 0 Å². The van der Waals surface area contributed by atoms with Crippen molar-refractivity contribution < 1.29 is 0 Å². The lowest BCUT2D eigenvalue weighted by molar-refractivity contribution is 0.148. The molecule has 1 N–H and O–H groups in total. The van der Waals surface area contributed by atoms with Gasteiger partial charge >= 0.3 is 0 Å². The highest BCUT2D eigenvalue weighted by molar-refractivity contribution is 5.52. The van der Waals surface area contributed by atoms with Crippen molar-refractivity contribution in [3.8, 4) is 0 Å². The van der Waals surface area contributed by atoms with Crippen LogP contribution in [0.5, 0.6) is 0 Å². The average molecular weight is 233 g/mol. The van der Waals surface area contributed by atoms with Gasteiger partial charge in [-0.3, -0.25) is 4.90 Å². The SMILES string of the molecule is CNc1cc(CN2CCN(C)CC2)ccc1C. The van der Waals surface area contributed by atoms with Gasteiger partial charge < -0.3 is 10.2 Å². The Balaban J connectivity index is 1.99. The van der Waals surface area contributed by atoms with Crippen molar-refractivity contribution in [2.24, 2.45) is 0 Å². The monoisotopic (exact) mass is 233 g/mol. The summed E-state index contributed by atoms with van der Waals surface area (Å²) in [5, 5.41) is 3.25. The maximum atomic E-state index is 3.25. The minimum Gasteiger partial charge on any atom is -0.388 e. The molecule has 0 bridgehead atoms. The van der Waals surface area contributed by atoms with Gasteiger partial charge in [-0.25, -0.2) is 0 Å². The van der Waals surface area contributed by atoms with Crippen LogP contribution < -0.4 is 5.32 Å². The molecule has 1 aliphatic rings. The Morgan fingerprint density at radius 2 is 1.88 bits per heavy atom. The first-order valence-corrected chi connectivity index (χ1v) is 6.37. The molecule has 2 rings (SSSR count). The van der Waals surface area contributed by atoms with Crippen molar-refractivity contribution >= 4 is 5.69 Å². The number of aryl methyl sites for hydroxylation is 1. The highest BCUT2D eigenvalue weighted by Crippen LogP contribution is 2.17. The molecule has 1 aliphatic heterocycles. The van der Waals surface area contributed by atoms with Crippen molar-refractivity contribution in [1.29, 1.82) is 0 Å². The number of nitrogens with one attached hydrogen (secondary N) is 1. The fourth-order valence-corrected chi connectivity index (χ4v) is 2.30. The second-order valence-corrected chi connectivity index (χ2v) is 4.98. The fourth-order valence-electron chi connectivity index (χ4n) is 2.30. The van der Waals surface area contributed by atoms with Gasteiger partial charge in [-0.2, -0.15) is 0 Å². The van der Waals surface area contributed by atoms with Gasteiger partial charge in [-0.15, -0.1) is 0 Å². The predicted molar refractivity (Wildman–Crippen MR) is 73.5 cm³/mol. The third-order valence-electron chi connectivity index (χ3n) is 3.57. The standard InChI is InChI=1S/C14H23N3/c1-12-4-5-13(10-14(12)15-2)11-17-8-6-16(3)7-9-17/h4-5,10,15H,6-9,11H2,1-3H3. The number of nitrogens with zero attached hydrogens (tertiary/aromatic N) is 2. The summed E-state index contributed by atoms with van der Waals surface area (Å²) in [5.41, 5.74) is 3.97. The topological polar surface area (TPSA) is 18.5 Å². The molecule has 0 aromatic heterocycles. The maximum absolute atomic E-state index is 3.25. The quantitative estimate of drug-likeness (QED) is 0.858. The molecule has 1 aromatic carbocycles. The highest BCUT2D eigenvalue weighted by atomic mass is 15.2. The summed E-state index contributed by atoms with van der Waals surface area (Å²) in [4.78, 5) is 4.93. The van der Waals surface area contributed by atoms with Gasteiger partial charge in [-0.05, 0) is 31.2 Å². The van der Waals surface area contributed by atoms with E-state index in [1.165, 1.54) is 43.0 Å². The molecule has 1 fully saturated rings. The third kappa shape index (κ3) is 3.20. The van der Waals surface area contributed by atoms with Gasteiger partial charge in [0.25, 0.3) is 0 Å². The number of hydrogen-bond acceptors (Lipinski definition) is 3. The minimum atomic E-state index is 1.07. The first-order chi connectivity index (χ1) is 8.19. The number of hydrogen-bond donors (Lipinski definition) is 1. The molecular formula is C14H23N3. The van der Waals surface area contributed by atoms with E-state index in [4.69, 9.17) is 0 Å². The lowest BCUT2D eigenvalue weighted by Crippen LogP contribution is -2.43. The van der Waals surface area contributed by atoms with E-state index >= 15 is 0 Å². The predicted octanol–water partition coefficient (Wildman–Crippen LogP) is 1.78. The number of likely N-dealkylation sites (N-methyl/N-ethyl adjacent to an activating group) is 1. The van der Waals surface area contributed by atoms with Crippen LogP contribution in [0.3, 0.4) is 0 Å². The van der Waals surface area contributed by atoms with Crippen molar-refractivity contribution in [1.82, 2.24) is 9.80 Å². The summed E-state index contributed by atoms with van der Waals surface area (Å²) in [6.45, 7) is 7.95. The largest absolute Gasteiger partial charge is 0.388 e. The molecule has 0 spiro atoms. The van der Waals surface area contributed by atoms with E-state index < -0.39 is 0 Å². The number of anilines is 1. The van der Waals surface area contributed by atoms with E-state index in [1.807, 2.05) is 7.05 Å². The Kier molecular flexibility index (Phi) is 4.02. The first-order valence-electron chi connectivity index (χ1n) is 6.37. The van der Waals surface area contributed by atoms with E-state index in [0.717, 1.165) is 6.54 Å². The molecule has 0 amide bonds. The van der Waals surface area contributed by atoms with Crippen molar-refractivity contribution in [2.45, 2.75) is 13.5 Å². The van der Waals surface area contributed by atoms with Crippen LogP contribution in [-0.4, -0.2) is 50.1 Å². The number of rotatable bonds is 3. The number of piperazine rings is 1. The molecule has 0 atom stereocenters. The molecule has 1 saturated heterocycles. The van der Waals surface area contributed by atoms with Crippen LogP contribution >= 0.6 is 0 Å². The Morgan fingerprint density at radius 1 is 1.18 bits per heavy atom. The maximum Gasteiger partial charge on any atom is 0.0370 e. The molecule has 94 valence electrons. The summed E-state index contributed by atoms with van der Waals surface area (Å²) < 4.78 is 0. The van der Waals surface area contributed by atoms with Crippen LogP contribution in [0.1, 0.15) is 11.1 Å². The second-order valence-electron chi connectivity index (χ2n) is 4.98. The van der Waals surface area contributed by atoms with E-state index in [1.54, 1.807) is 0 Å². The van der Waals surface area contributed by atoms with Crippen LogP contribution in [-0.2, 0) is 6.54 Å². The first kappa shape index (κ1) is 12.4. The Labute approximate surface area is 104 Å². The van der Waals surface area contributed by atoms with Crippen LogP contribution in [0.15, 0.2) is 18.2 Å². The summed E-state index contributed by atoms with van der Waals surface area (Å²) in [6, 6.07) is 6.72. The zero-order valence-electron chi connectivity index (χ0n) is 11.2. The highest BCUT2D eigenvalue weighted by Gasteiger charge is 2.13. The van der Waals surface area contributed by atoms with Crippen molar-refractivity contribution in [3.05, 3.63) is 29.3 Å². The number of benzene rings is 1. The summed E-state index contributed by atoms with van der Waals surface area (Å²) >= 11 is 0. The van der Waals surface area contributed by atoms with E-state index in [0.29, 0.717) is 0 Å².